The van der Waals surface area contributed by atoms with Crippen LogP contribution in [0.2, 0.25) is 0 Å². The van der Waals surface area contributed by atoms with E-state index in [1.165, 1.54) is 10.5 Å². The number of esters is 1. The molecule has 0 aromatic heterocycles. The first-order valence-electron chi connectivity index (χ1n) is 10.6. The topological polar surface area (TPSA) is 76.2 Å². The van der Waals surface area contributed by atoms with Gasteiger partial charge in [0, 0.05) is 7.05 Å². The van der Waals surface area contributed by atoms with Gasteiger partial charge < -0.3 is 14.4 Å². The molecule has 0 saturated heterocycles. The molecule has 7 heteroatoms. The van der Waals surface area contributed by atoms with Crippen molar-refractivity contribution in [1.82, 2.24) is 4.90 Å². The molecule has 0 saturated carbocycles. The Balaban J connectivity index is 1.37. The SMILES string of the molecule is CN(C(=O)COC(=O)CN1C(=O)CCOc2ccccc21)[C@@H]1CCCc2ccccc21. The number of hydrogen-bond donors (Lipinski definition) is 0. The molecule has 1 atom stereocenters. The quantitative estimate of drug-likeness (QED) is 0.693. The van der Waals surface area contributed by atoms with Crippen LogP contribution >= 0.6 is 0 Å². The summed E-state index contributed by atoms with van der Waals surface area (Å²) in [7, 11) is 1.74. The summed E-state index contributed by atoms with van der Waals surface area (Å²) in [5.41, 5.74) is 2.95. The first-order valence-corrected chi connectivity index (χ1v) is 10.6. The zero-order chi connectivity index (χ0) is 21.8. The van der Waals surface area contributed by atoms with Crippen molar-refractivity contribution in [3.63, 3.8) is 0 Å². The lowest BCUT2D eigenvalue weighted by molar-refractivity contribution is -0.151. The van der Waals surface area contributed by atoms with E-state index in [4.69, 9.17) is 9.47 Å². The van der Waals surface area contributed by atoms with E-state index >= 15 is 0 Å². The minimum absolute atomic E-state index is 0.0210. The van der Waals surface area contributed by atoms with E-state index < -0.39 is 5.97 Å². The number of carbonyl (C=O) groups excluding carboxylic acids is 3. The van der Waals surface area contributed by atoms with E-state index in [-0.39, 0.29) is 44.0 Å². The van der Waals surface area contributed by atoms with Gasteiger partial charge in [-0.2, -0.15) is 0 Å². The van der Waals surface area contributed by atoms with Gasteiger partial charge in [-0.25, -0.2) is 0 Å². The number of nitrogens with zero attached hydrogens (tertiary/aromatic N) is 2. The third-order valence-electron chi connectivity index (χ3n) is 5.87. The third kappa shape index (κ3) is 4.55. The van der Waals surface area contributed by atoms with Crippen molar-refractivity contribution in [2.45, 2.75) is 31.7 Å². The number of amides is 2. The molecule has 0 N–H and O–H groups in total. The molecule has 4 rings (SSSR count). The average molecular weight is 422 g/mol. The molecule has 162 valence electrons. The second-order valence-electron chi connectivity index (χ2n) is 7.82. The van der Waals surface area contributed by atoms with Crippen molar-refractivity contribution < 1.29 is 23.9 Å². The predicted octanol–water partition coefficient (Wildman–Crippen LogP) is 2.88. The molecular weight excluding hydrogens is 396 g/mol. The standard InChI is InChI=1S/C24H26N2O5/c1-25(19-11-6-8-17-7-2-3-9-18(17)19)23(28)16-31-24(29)15-26-20-10-4-5-12-21(20)30-14-13-22(26)27/h2-5,7,9-10,12,19H,6,8,11,13-16H2,1H3/t19-/m1/s1. The number of carbonyl (C=O) groups is 3. The summed E-state index contributed by atoms with van der Waals surface area (Å²) in [6.07, 6.45) is 3.08. The van der Waals surface area contributed by atoms with Gasteiger partial charge in [0.05, 0.1) is 24.8 Å². The molecule has 1 aliphatic carbocycles. The minimum atomic E-state index is -0.629. The lowest BCUT2D eigenvalue weighted by Crippen LogP contribution is -2.39. The molecule has 1 heterocycles. The van der Waals surface area contributed by atoms with Gasteiger partial charge in [0.1, 0.15) is 12.3 Å². The van der Waals surface area contributed by atoms with Crippen molar-refractivity contribution in [2.75, 3.05) is 31.7 Å². The summed E-state index contributed by atoms with van der Waals surface area (Å²) in [5, 5.41) is 0. The number of rotatable bonds is 5. The van der Waals surface area contributed by atoms with Crippen molar-refractivity contribution >= 4 is 23.5 Å². The first-order chi connectivity index (χ1) is 15.0. The molecule has 7 nitrogen and oxygen atoms in total. The number of aryl methyl sites for hydroxylation is 1. The summed E-state index contributed by atoms with van der Waals surface area (Å²) < 4.78 is 10.8. The van der Waals surface area contributed by atoms with Crippen LogP contribution in [0.15, 0.2) is 48.5 Å². The molecule has 0 spiro atoms. The summed E-state index contributed by atoms with van der Waals surface area (Å²) in [4.78, 5) is 40.6. The fraction of sp³-hybridized carbons (Fsp3) is 0.375. The number of benzene rings is 2. The third-order valence-corrected chi connectivity index (χ3v) is 5.87. The number of ether oxygens (including phenoxy) is 2. The number of anilines is 1. The molecule has 2 aromatic rings. The fourth-order valence-corrected chi connectivity index (χ4v) is 4.22. The lowest BCUT2D eigenvalue weighted by atomic mass is 9.87. The summed E-state index contributed by atoms with van der Waals surface area (Å²) in [5.74, 6) is -0.561. The summed E-state index contributed by atoms with van der Waals surface area (Å²) in [6.45, 7) is -0.357. The highest BCUT2D eigenvalue weighted by Gasteiger charge is 2.28. The highest BCUT2D eigenvalue weighted by molar-refractivity contribution is 5.99. The molecule has 0 unspecified atom stereocenters. The minimum Gasteiger partial charge on any atom is -0.491 e. The second-order valence-corrected chi connectivity index (χ2v) is 7.82. The maximum atomic E-state index is 12.7. The van der Waals surface area contributed by atoms with E-state index in [9.17, 15) is 14.4 Å². The predicted molar refractivity (Wildman–Crippen MR) is 115 cm³/mol. The van der Waals surface area contributed by atoms with Crippen LogP contribution in [-0.4, -0.2) is 49.5 Å². The van der Waals surface area contributed by atoms with Crippen LogP contribution in [0, 0.1) is 0 Å². The Morgan fingerprint density at radius 3 is 2.77 bits per heavy atom. The van der Waals surface area contributed by atoms with Crippen LogP contribution in [0.3, 0.4) is 0 Å². The smallest absolute Gasteiger partial charge is 0.326 e. The number of hydrogen-bond acceptors (Lipinski definition) is 5. The van der Waals surface area contributed by atoms with Crippen LogP contribution < -0.4 is 9.64 Å². The average Bonchev–Trinajstić information content (AvgIpc) is 2.95. The van der Waals surface area contributed by atoms with Crippen molar-refractivity contribution in [3.05, 3.63) is 59.7 Å². The van der Waals surface area contributed by atoms with Crippen molar-refractivity contribution in [3.8, 4) is 5.75 Å². The van der Waals surface area contributed by atoms with E-state index in [1.54, 1.807) is 30.1 Å². The summed E-state index contributed by atoms with van der Waals surface area (Å²) in [6, 6.07) is 15.2. The molecule has 2 amide bonds. The lowest BCUT2D eigenvalue weighted by Gasteiger charge is -2.33. The highest BCUT2D eigenvalue weighted by Crippen LogP contribution is 2.33. The van der Waals surface area contributed by atoms with Gasteiger partial charge >= 0.3 is 5.97 Å². The maximum absolute atomic E-state index is 12.7. The summed E-state index contributed by atoms with van der Waals surface area (Å²) >= 11 is 0. The Bertz CT molecular complexity index is 989. The normalized spacial score (nSPS) is 17.6. The zero-order valence-electron chi connectivity index (χ0n) is 17.6. The van der Waals surface area contributed by atoms with Crippen molar-refractivity contribution in [1.29, 1.82) is 0 Å². The Hall–Kier alpha value is -3.35. The number of para-hydroxylation sites is 2. The van der Waals surface area contributed by atoms with E-state index in [0.29, 0.717) is 11.4 Å². The molecule has 2 aliphatic rings. The van der Waals surface area contributed by atoms with E-state index in [1.807, 2.05) is 18.2 Å². The van der Waals surface area contributed by atoms with Crippen LogP contribution in [0.4, 0.5) is 5.69 Å². The Kier molecular flexibility index (Phi) is 6.21. The largest absolute Gasteiger partial charge is 0.491 e. The molecule has 0 bridgehead atoms. The molecule has 2 aromatic carbocycles. The highest BCUT2D eigenvalue weighted by atomic mass is 16.5. The number of likely N-dealkylation sites (N-methyl/N-ethyl adjacent to an activating group) is 1. The van der Waals surface area contributed by atoms with Crippen LogP contribution in [0.1, 0.15) is 36.4 Å². The monoisotopic (exact) mass is 422 g/mol. The van der Waals surface area contributed by atoms with E-state index in [2.05, 4.69) is 12.1 Å². The van der Waals surface area contributed by atoms with Gasteiger partial charge in [0.25, 0.3) is 5.91 Å². The van der Waals surface area contributed by atoms with Gasteiger partial charge in [0.15, 0.2) is 6.61 Å². The van der Waals surface area contributed by atoms with Gasteiger partial charge in [-0.1, -0.05) is 36.4 Å². The Morgan fingerprint density at radius 1 is 1.13 bits per heavy atom. The van der Waals surface area contributed by atoms with Crippen molar-refractivity contribution in [2.24, 2.45) is 0 Å². The van der Waals surface area contributed by atoms with Gasteiger partial charge in [0.2, 0.25) is 5.91 Å². The van der Waals surface area contributed by atoms with E-state index in [0.717, 1.165) is 24.8 Å². The fourth-order valence-electron chi connectivity index (χ4n) is 4.22. The molecule has 31 heavy (non-hydrogen) atoms. The Labute approximate surface area is 181 Å². The second kappa shape index (κ2) is 9.20. The molecular formula is C24H26N2O5. The maximum Gasteiger partial charge on any atom is 0.326 e. The molecule has 0 radical (unpaired) electrons. The molecule has 1 aliphatic heterocycles. The van der Waals surface area contributed by atoms with Gasteiger partial charge in [-0.05, 0) is 42.5 Å². The van der Waals surface area contributed by atoms with Gasteiger partial charge in [-0.15, -0.1) is 0 Å². The number of fused-ring (bicyclic) bond motifs is 2. The van der Waals surface area contributed by atoms with Crippen LogP contribution in [0.5, 0.6) is 5.75 Å². The van der Waals surface area contributed by atoms with Crippen LogP contribution in [-0.2, 0) is 25.5 Å². The zero-order valence-corrected chi connectivity index (χ0v) is 17.6. The Morgan fingerprint density at radius 2 is 1.90 bits per heavy atom. The van der Waals surface area contributed by atoms with Gasteiger partial charge in [-0.3, -0.25) is 19.3 Å². The van der Waals surface area contributed by atoms with Crippen LogP contribution in [0.25, 0.3) is 0 Å². The molecule has 0 fully saturated rings. The first kappa shape index (κ1) is 20.9.